The summed E-state index contributed by atoms with van der Waals surface area (Å²) < 4.78 is 12.6. The molecule has 37 heavy (non-hydrogen) atoms. The molecule has 0 atom stereocenters. The first-order valence-corrected chi connectivity index (χ1v) is 13.4. The summed E-state index contributed by atoms with van der Waals surface area (Å²) in [6, 6.07) is 22.6. The highest BCUT2D eigenvalue weighted by atomic mass is 35.5. The standard InChI is InChI=1S/C32H36ClNO3/c1-22(2)26-5-4-6-27(19-26)32-20-31(12-9-25(32)17-18-34-23(3)35)37-30-15-13-29(14-16-30)36-21-24-7-10-28(33)11-8-24/h4-12,19-20,29-30H,1,13-18,21H2,2-3H3,(H,34,35). The molecule has 1 aliphatic carbocycles. The highest BCUT2D eigenvalue weighted by molar-refractivity contribution is 6.30. The molecule has 0 unspecified atom stereocenters. The molecule has 5 heteroatoms. The molecular formula is C32H36ClNO3. The Morgan fingerprint density at radius 1 is 0.973 bits per heavy atom. The maximum Gasteiger partial charge on any atom is 0.216 e. The summed E-state index contributed by atoms with van der Waals surface area (Å²) >= 11 is 5.98. The molecule has 0 bridgehead atoms. The van der Waals surface area contributed by atoms with E-state index < -0.39 is 0 Å². The third-order valence-corrected chi connectivity index (χ3v) is 7.09. The molecule has 1 saturated carbocycles. The number of rotatable bonds is 10. The molecular weight excluding hydrogens is 482 g/mol. The number of allylic oxidation sites excluding steroid dienone is 1. The quantitative estimate of drug-likeness (QED) is 0.301. The van der Waals surface area contributed by atoms with E-state index in [0.717, 1.165) is 70.7 Å². The van der Waals surface area contributed by atoms with Gasteiger partial charge in [-0.05, 0) is 97.2 Å². The summed E-state index contributed by atoms with van der Waals surface area (Å²) in [5, 5.41) is 3.65. The van der Waals surface area contributed by atoms with E-state index in [2.05, 4.69) is 54.4 Å². The Kier molecular flexibility index (Phi) is 9.43. The van der Waals surface area contributed by atoms with Crippen LogP contribution in [0.25, 0.3) is 16.7 Å². The summed E-state index contributed by atoms with van der Waals surface area (Å²) in [5.41, 5.74) is 6.73. The third-order valence-electron chi connectivity index (χ3n) is 6.84. The molecule has 4 rings (SSSR count). The van der Waals surface area contributed by atoms with Crippen LogP contribution in [0, 0.1) is 0 Å². The van der Waals surface area contributed by atoms with E-state index in [4.69, 9.17) is 21.1 Å². The van der Waals surface area contributed by atoms with Crippen molar-refractivity contribution < 1.29 is 14.3 Å². The van der Waals surface area contributed by atoms with Gasteiger partial charge in [0.2, 0.25) is 5.91 Å². The molecule has 3 aromatic carbocycles. The van der Waals surface area contributed by atoms with Crippen LogP contribution in [0.2, 0.25) is 5.02 Å². The molecule has 0 saturated heterocycles. The third kappa shape index (κ3) is 7.95. The summed E-state index contributed by atoms with van der Waals surface area (Å²) in [6.45, 7) is 8.88. The molecule has 1 aliphatic rings. The monoisotopic (exact) mass is 517 g/mol. The van der Waals surface area contributed by atoms with E-state index in [1.807, 2.05) is 31.2 Å². The topological polar surface area (TPSA) is 47.6 Å². The number of halogens is 1. The average Bonchev–Trinajstić information content (AvgIpc) is 2.90. The van der Waals surface area contributed by atoms with E-state index >= 15 is 0 Å². The lowest BCUT2D eigenvalue weighted by Gasteiger charge is -2.29. The van der Waals surface area contributed by atoms with Crippen LogP contribution in [0.3, 0.4) is 0 Å². The Balaban J connectivity index is 1.40. The summed E-state index contributed by atoms with van der Waals surface area (Å²) in [5.74, 6) is 0.864. The summed E-state index contributed by atoms with van der Waals surface area (Å²) in [7, 11) is 0. The van der Waals surface area contributed by atoms with Crippen molar-refractivity contribution >= 4 is 23.1 Å². The average molecular weight is 518 g/mol. The van der Waals surface area contributed by atoms with Crippen molar-refractivity contribution in [3.05, 3.63) is 95.0 Å². The molecule has 0 radical (unpaired) electrons. The van der Waals surface area contributed by atoms with Gasteiger partial charge in [0.05, 0.1) is 18.8 Å². The van der Waals surface area contributed by atoms with Crippen LogP contribution in [-0.2, 0) is 22.6 Å². The second kappa shape index (κ2) is 12.9. The first-order valence-electron chi connectivity index (χ1n) is 13.0. The fraction of sp³-hybridized carbons (Fsp3) is 0.344. The fourth-order valence-electron chi connectivity index (χ4n) is 4.74. The van der Waals surface area contributed by atoms with Gasteiger partial charge in [0, 0.05) is 18.5 Å². The number of ether oxygens (including phenoxy) is 2. The van der Waals surface area contributed by atoms with Gasteiger partial charge in [0.25, 0.3) is 0 Å². The Morgan fingerprint density at radius 3 is 2.41 bits per heavy atom. The van der Waals surface area contributed by atoms with Gasteiger partial charge in [0.15, 0.2) is 0 Å². The van der Waals surface area contributed by atoms with Gasteiger partial charge in [-0.25, -0.2) is 0 Å². The second-order valence-corrected chi connectivity index (χ2v) is 10.3. The van der Waals surface area contributed by atoms with Gasteiger partial charge in [-0.15, -0.1) is 0 Å². The van der Waals surface area contributed by atoms with Crippen LogP contribution in [0.15, 0.2) is 73.3 Å². The van der Waals surface area contributed by atoms with Crippen molar-refractivity contribution in [2.45, 2.75) is 64.8 Å². The summed E-state index contributed by atoms with van der Waals surface area (Å²) in [4.78, 5) is 11.4. The van der Waals surface area contributed by atoms with Crippen molar-refractivity contribution in [1.29, 1.82) is 0 Å². The number of hydrogen-bond donors (Lipinski definition) is 1. The van der Waals surface area contributed by atoms with Gasteiger partial charge in [-0.1, -0.05) is 60.2 Å². The van der Waals surface area contributed by atoms with Gasteiger partial charge in [-0.2, -0.15) is 0 Å². The normalized spacial score (nSPS) is 17.3. The minimum atomic E-state index is -0.0152. The Labute approximate surface area is 225 Å². The molecule has 1 N–H and O–H groups in total. The lowest BCUT2D eigenvalue weighted by Crippen LogP contribution is -2.28. The van der Waals surface area contributed by atoms with Crippen molar-refractivity contribution in [3.63, 3.8) is 0 Å². The zero-order chi connectivity index (χ0) is 26.2. The molecule has 1 fully saturated rings. The predicted octanol–water partition coefficient (Wildman–Crippen LogP) is 7.63. The number of nitrogens with one attached hydrogen (secondary N) is 1. The Hall–Kier alpha value is -3.08. The lowest BCUT2D eigenvalue weighted by molar-refractivity contribution is -0.118. The van der Waals surface area contributed by atoms with Crippen LogP contribution in [-0.4, -0.2) is 24.7 Å². The highest BCUT2D eigenvalue weighted by Gasteiger charge is 2.23. The zero-order valence-corrected chi connectivity index (χ0v) is 22.5. The molecule has 0 spiro atoms. The number of hydrogen-bond acceptors (Lipinski definition) is 3. The van der Waals surface area contributed by atoms with Crippen molar-refractivity contribution in [3.8, 4) is 16.9 Å². The predicted molar refractivity (Wildman–Crippen MR) is 152 cm³/mol. The minimum Gasteiger partial charge on any atom is -0.490 e. The zero-order valence-electron chi connectivity index (χ0n) is 21.8. The molecule has 0 aromatic heterocycles. The number of amides is 1. The van der Waals surface area contributed by atoms with E-state index in [1.54, 1.807) is 6.92 Å². The van der Waals surface area contributed by atoms with E-state index in [1.165, 1.54) is 5.56 Å². The van der Waals surface area contributed by atoms with Crippen LogP contribution < -0.4 is 10.1 Å². The SMILES string of the molecule is C=C(C)c1cccc(-c2cc(OC3CCC(OCc4ccc(Cl)cc4)CC3)ccc2CCNC(C)=O)c1. The van der Waals surface area contributed by atoms with Crippen molar-refractivity contribution in [2.24, 2.45) is 0 Å². The lowest BCUT2D eigenvalue weighted by atomic mass is 9.93. The first kappa shape index (κ1) is 27.0. The van der Waals surface area contributed by atoms with Crippen LogP contribution in [0.4, 0.5) is 0 Å². The van der Waals surface area contributed by atoms with E-state index in [0.29, 0.717) is 13.2 Å². The maximum atomic E-state index is 11.4. The van der Waals surface area contributed by atoms with Crippen molar-refractivity contribution in [1.82, 2.24) is 5.32 Å². The van der Waals surface area contributed by atoms with Crippen LogP contribution >= 0.6 is 11.6 Å². The Morgan fingerprint density at radius 2 is 1.70 bits per heavy atom. The molecule has 0 heterocycles. The minimum absolute atomic E-state index is 0.0152. The van der Waals surface area contributed by atoms with Crippen molar-refractivity contribution in [2.75, 3.05) is 6.54 Å². The maximum absolute atomic E-state index is 11.4. The van der Waals surface area contributed by atoms with Crippen LogP contribution in [0.5, 0.6) is 5.75 Å². The second-order valence-electron chi connectivity index (χ2n) is 9.87. The number of benzene rings is 3. The number of carbonyl (C=O) groups excluding carboxylic acids is 1. The fourth-order valence-corrected chi connectivity index (χ4v) is 4.87. The highest BCUT2D eigenvalue weighted by Crippen LogP contribution is 2.32. The van der Waals surface area contributed by atoms with Gasteiger partial charge in [-0.3, -0.25) is 4.79 Å². The first-order chi connectivity index (χ1) is 17.9. The molecule has 0 aliphatic heterocycles. The van der Waals surface area contributed by atoms with E-state index in [9.17, 15) is 4.79 Å². The Bertz CT molecular complexity index is 1210. The smallest absolute Gasteiger partial charge is 0.216 e. The molecule has 3 aromatic rings. The van der Waals surface area contributed by atoms with E-state index in [-0.39, 0.29) is 18.1 Å². The largest absolute Gasteiger partial charge is 0.490 e. The molecule has 4 nitrogen and oxygen atoms in total. The summed E-state index contributed by atoms with van der Waals surface area (Å²) in [6.07, 6.45) is 5.10. The van der Waals surface area contributed by atoms with Gasteiger partial charge >= 0.3 is 0 Å². The van der Waals surface area contributed by atoms with Crippen LogP contribution in [0.1, 0.15) is 56.2 Å². The van der Waals surface area contributed by atoms with Gasteiger partial charge in [0.1, 0.15) is 5.75 Å². The van der Waals surface area contributed by atoms with Gasteiger partial charge < -0.3 is 14.8 Å². The molecule has 1 amide bonds. The molecule has 194 valence electrons. The number of carbonyl (C=O) groups is 1.